The lowest BCUT2D eigenvalue weighted by atomic mass is 9.90. The van der Waals surface area contributed by atoms with Gasteiger partial charge >= 0.3 is 5.97 Å². The van der Waals surface area contributed by atoms with E-state index in [1.807, 2.05) is 6.08 Å². The second kappa shape index (κ2) is 4.36. The molecular formula is C7H12ClNO2. The summed E-state index contributed by atoms with van der Waals surface area (Å²) in [5.41, 5.74) is 5.51. The summed E-state index contributed by atoms with van der Waals surface area (Å²) < 4.78 is 0. The summed E-state index contributed by atoms with van der Waals surface area (Å²) in [5, 5.41) is 8.59. The van der Waals surface area contributed by atoms with Crippen molar-refractivity contribution in [3.63, 3.8) is 0 Å². The molecule has 0 radical (unpaired) electrons. The van der Waals surface area contributed by atoms with Crippen LogP contribution in [0.4, 0.5) is 0 Å². The SMILES string of the molecule is Cl.NC1C=CCCC1C(=O)O. The molecule has 0 aromatic heterocycles. The highest BCUT2D eigenvalue weighted by atomic mass is 35.5. The Bertz CT molecular complexity index is 170. The molecule has 11 heavy (non-hydrogen) atoms. The molecule has 3 nitrogen and oxygen atoms in total. The van der Waals surface area contributed by atoms with Gasteiger partial charge in [0.15, 0.2) is 0 Å². The molecule has 0 saturated heterocycles. The Morgan fingerprint density at radius 2 is 2.27 bits per heavy atom. The second-order valence-corrected chi connectivity index (χ2v) is 2.53. The molecule has 1 aliphatic rings. The molecule has 3 N–H and O–H groups in total. The van der Waals surface area contributed by atoms with Crippen LogP contribution in [0.3, 0.4) is 0 Å². The van der Waals surface area contributed by atoms with Crippen LogP contribution in [0.15, 0.2) is 12.2 Å². The van der Waals surface area contributed by atoms with Crippen molar-refractivity contribution >= 4 is 18.4 Å². The largest absolute Gasteiger partial charge is 0.481 e. The third kappa shape index (κ3) is 2.52. The molecule has 1 aliphatic carbocycles. The fourth-order valence-corrected chi connectivity index (χ4v) is 1.14. The average Bonchev–Trinajstić information content (AvgIpc) is 1.88. The Labute approximate surface area is 71.7 Å². The van der Waals surface area contributed by atoms with E-state index in [1.54, 1.807) is 6.08 Å². The summed E-state index contributed by atoms with van der Waals surface area (Å²) in [6.45, 7) is 0. The number of halogens is 1. The molecule has 2 unspecified atom stereocenters. The Hall–Kier alpha value is -0.540. The molecule has 0 aromatic rings. The fraction of sp³-hybridized carbons (Fsp3) is 0.571. The predicted octanol–water partition coefficient (Wildman–Crippen LogP) is 0.786. The van der Waals surface area contributed by atoms with E-state index in [9.17, 15) is 4.79 Å². The van der Waals surface area contributed by atoms with E-state index in [0.29, 0.717) is 6.42 Å². The molecule has 2 atom stereocenters. The van der Waals surface area contributed by atoms with Gasteiger partial charge in [-0.15, -0.1) is 12.4 Å². The van der Waals surface area contributed by atoms with Crippen molar-refractivity contribution in [1.82, 2.24) is 0 Å². The molecule has 0 fully saturated rings. The number of carbonyl (C=O) groups is 1. The van der Waals surface area contributed by atoms with Crippen LogP contribution in [0.5, 0.6) is 0 Å². The molecular weight excluding hydrogens is 166 g/mol. The van der Waals surface area contributed by atoms with Gasteiger partial charge in [-0.25, -0.2) is 0 Å². The van der Waals surface area contributed by atoms with Crippen molar-refractivity contribution in [1.29, 1.82) is 0 Å². The Kier molecular flexibility index (Phi) is 4.15. The first-order valence-corrected chi connectivity index (χ1v) is 3.37. The monoisotopic (exact) mass is 177 g/mol. The number of nitrogens with two attached hydrogens (primary N) is 1. The molecule has 64 valence electrons. The van der Waals surface area contributed by atoms with Crippen LogP contribution in [0.2, 0.25) is 0 Å². The summed E-state index contributed by atoms with van der Waals surface area (Å²) in [5.74, 6) is -1.15. The van der Waals surface area contributed by atoms with Crippen LogP contribution in [0, 0.1) is 5.92 Å². The summed E-state index contributed by atoms with van der Waals surface area (Å²) >= 11 is 0. The normalized spacial score (nSPS) is 29.2. The van der Waals surface area contributed by atoms with Gasteiger partial charge in [0.25, 0.3) is 0 Å². The molecule has 4 heteroatoms. The zero-order valence-corrected chi connectivity index (χ0v) is 6.88. The number of carboxylic acids is 1. The first-order valence-electron chi connectivity index (χ1n) is 3.37. The molecule has 0 spiro atoms. The Balaban J connectivity index is 0.000001000. The van der Waals surface area contributed by atoms with Gasteiger partial charge in [0.05, 0.1) is 5.92 Å². The molecule has 0 aromatic carbocycles. The number of hydrogen-bond acceptors (Lipinski definition) is 2. The zero-order chi connectivity index (χ0) is 7.56. The smallest absolute Gasteiger partial charge is 0.308 e. The predicted molar refractivity (Wildman–Crippen MR) is 44.7 cm³/mol. The molecule has 0 bridgehead atoms. The van der Waals surface area contributed by atoms with Crippen molar-refractivity contribution in [2.45, 2.75) is 18.9 Å². The third-order valence-corrected chi connectivity index (χ3v) is 1.78. The zero-order valence-electron chi connectivity index (χ0n) is 6.06. The highest BCUT2D eigenvalue weighted by Crippen LogP contribution is 2.16. The number of aliphatic carboxylic acids is 1. The quantitative estimate of drug-likeness (QED) is 0.582. The summed E-state index contributed by atoms with van der Waals surface area (Å²) in [6, 6.07) is -0.286. The standard InChI is InChI=1S/C7H11NO2.ClH/c8-6-4-2-1-3-5(6)7(9)10;/h2,4-6H,1,3,8H2,(H,9,10);1H. The van der Waals surface area contributed by atoms with E-state index in [1.165, 1.54) is 0 Å². The van der Waals surface area contributed by atoms with E-state index in [0.717, 1.165) is 6.42 Å². The second-order valence-electron chi connectivity index (χ2n) is 2.53. The van der Waals surface area contributed by atoms with Gasteiger partial charge < -0.3 is 10.8 Å². The van der Waals surface area contributed by atoms with Crippen molar-refractivity contribution in [3.8, 4) is 0 Å². The Morgan fingerprint density at radius 1 is 1.64 bits per heavy atom. The van der Waals surface area contributed by atoms with Crippen molar-refractivity contribution in [2.24, 2.45) is 11.7 Å². The van der Waals surface area contributed by atoms with Crippen LogP contribution >= 0.6 is 12.4 Å². The van der Waals surface area contributed by atoms with E-state index in [4.69, 9.17) is 10.8 Å². The van der Waals surface area contributed by atoms with Gasteiger partial charge in [-0.3, -0.25) is 4.79 Å². The number of allylic oxidation sites excluding steroid dienone is 1. The minimum atomic E-state index is -0.781. The Morgan fingerprint density at radius 3 is 2.64 bits per heavy atom. The topological polar surface area (TPSA) is 63.3 Å². The first kappa shape index (κ1) is 10.5. The lowest BCUT2D eigenvalue weighted by molar-refractivity contribution is -0.142. The highest BCUT2D eigenvalue weighted by molar-refractivity contribution is 5.85. The van der Waals surface area contributed by atoms with Crippen molar-refractivity contribution in [3.05, 3.63) is 12.2 Å². The molecule has 0 aliphatic heterocycles. The van der Waals surface area contributed by atoms with Gasteiger partial charge in [0.2, 0.25) is 0 Å². The van der Waals surface area contributed by atoms with Gasteiger partial charge in [-0.2, -0.15) is 0 Å². The summed E-state index contributed by atoms with van der Waals surface area (Å²) in [7, 11) is 0. The lowest BCUT2D eigenvalue weighted by Crippen LogP contribution is -2.35. The molecule has 1 rings (SSSR count). The minimum absolute atomic E-state index is 0. The molecule has 0 amide bonds. The highest BCUT2D eigenvalue weighted by Gasteiger charge is 2.24. The number of rotatable bonds is 1. The van der Waals surface area contributed by atoms with Crippen LogP contribution in [-0.2, 0) is 4.79 Å². The van der Waals surface area contributed by atoms with Gasteiger partial charge in [0, 0.05) is 6.04 Å². The minimum Gasteiger partial charge on any atom is -0.481 e. The van der Waals surface area contributed by atoms with Crippen molar-refractivity contribution < 1.29 is 9.90 Å². The number of hydrogen-bond donors (Lipinski definition) is 2. The number of carboxylic acid groups (broad SMARTS) is 1. The molecule has 0 heterocycles. The van der Waals surface area contributed by atoms with Gasteiger partial charge in [-0.1, -0.05) is 12.2 Å². The van der Waals surface area contributed by atoms with Crippen LogP contribution < -0.4 is 5.73 Å². The maximum Gasteiger partial charge on any atom is 0.308 e. The van der Waals surface area contributed by atoms with Crippen LogP contribution in [0.25, 0.3) is 0 Å². The van der Waals surface area contributed by atoms with Crippen molar-refractivity contribution in [2.75, 3.05) is 0 Å². The summed E-state index contributed by atoms with van der Waals surface area (Å²) in [6.07, 6.45) is 5.21. The average molecular weight is 178 g/mol. The lowest BCUT2D eigenvalue weighted by Gasteiger charge is -2.19. The third-order valence-electron chi connectivity index (χ3n) is 1.78. The van der Waals surface area contributed by atoms with E-state index in [-0.39, 0.29) is 24.4 Å². The maximum atomic E-state index is 10.5. The molecule has 0 saturated carbocycles. The first-order chi connectivity index (χ1) is 4.72. The maximum absolute atomic E-state index is 10.5. The van der Waals surface area contributed by atoms with Gasteiger partial charge in [0.1, 0.15) is 0 Å². The van der Waals surface area contributed by atoms with E-state index < -0.39 is 5.97 Å². The van der Waals surface area contributed by atoms with Gasteiger partial charge in [-0.05, 0) is 12.8 Å². The van der Waals surface area contributed by atoms with E-state index in [2.05, 4.69) is 0 Å². The summed E-state index contributed by atoms with van der Waals surface area (Å²) in [4.78, 5) is 10.5. The van der Waals surface area contributed by atoms with E-state index >= 15 is 0 Å². The van der Waals surface area contributed by atoms with Crippen LogP contribution in [0.1, 0.15) is 12.8 Å². The fourth-order valence-electron chi connectivity index (χ4n) is 1.14. The van der Waals surface area contributed by atoms with Crippen LogP contribution in [-0.4, -0.2) is 17.1 Å².